The summed E-state index contributed by atoms with van der Waals surface area (Å²) in [5.74, 6) is 0.412. The summed E-state index contributed by atoms with van der Waals surface area (Å²) in [5, 5.41) is 0. The molecule has 3 aromatic rings. The van der Waals surface area contributed by atoms with E-state index in [1.807, 2.05) is 30.3 Å². The van der Waals surface area contributed by atoms with Gasteiger partial charge in [-0.25, -0.2) is 13.2 Å². The van der Waals surface area contributed by atoms with Gasteiger partial charge in [-0.1, -0.05) is 34.1 Å². The van der Waals surface area contributed by atoms with E-state index in [0.29, 0.717) is 27.3 Å². The molecule has 8 heteroatoms. The van der Waals surface area contributed by atoms with Gasteiger partial charge in [-0.15, -0.1) is 0 Å². The second-order valence-corrected chi connectivity index (χ2v) is 9.18. The summed E-state index contributed by atoms with van der Waals surface area (Å²) in [6.07, 6.45) is 1.28. The first-order valence-corrected chi connectivity index (χ1v) is 11.1. The van der Waals surface area contributed by atoms with Crippen molar-refractivity contribution in [1.82, 2.24) is 0 Å². The van der Waals surface area contributed by atoms with E-state index < -0.39 is 20.7 Å². The molecule has 30 heavy (non-hydrogen) atoms. The van der Waals surface area contributed by atoms with Gasteiger partial charge in [0.05, 0.1) is 17.7 Å². The Morgan fingerprint density at radius 3 is 2.27 bits per heavy atom. The highest BCUT2D eigenvalue weighted by Crippen LogP contribution is 2.41. The number of hydrogen-bond acceptors (Lipinski definition) is 6. The average molecular weight is 486 g/mol. The predicted molar refractivity (Wildman–Crippen MR) is 117 cm³/mol. The van der Waals surface area contributed by atoms with Crippen LogP contribution in [0.1, 0.15) is 0 Å². The van der Waals surface area contributed by atoms with E-state index in [4.69, 9.17) is 9.47 Å². The molecule has 1 aliphatic heterocycles. The first kappa shape index (κ1) is 20.2. The summed E-state index contributed by atoms with van der Waals surface area (Å²) >= 11 is 3.38. The van der Waals surface area contributed by atoms with Gasteiger partial charge in [0.2, 0.25) is 9.84 Å². The summed E-state index contributed by atoms with van der Waals surface area (Å²) in [5.41, 5.74) is 1.08. The molecule has 0 aliphatic carbocycles. The molecule has 0 amide bonds. The molecule has 0 bridgehead atoms. The van der Waals surface area contributed by atoms with Crippen LogP contribution in [0.2, 0.25) is 0 Å². The number of ether oxygens (including phenoxy) is 2. The average Bonchev–Trinajstić information content (AvgIpc) is 2.74. The second kappa shape index (κ2) is 7.97. The number of anilines is 2. The van der Waals surface area contributed by atoms with Gasteiger partial charge in [0.25, 0.3) is 0 Å². The van der Waals surface area contributed by atoms with Crippen molar-refractivity contribution in [3.05, 3.63) is 88.4 Å². The Balaban J connectivity index is 1.77. The standard InChI is InChI=1S/C22H16BrNO5S/c1-28-22(25)21-14-24(19-13-15(23)7-12-20(19)30(21,26)27)16-8-10-18(11-9-16)29-17-5-3-2-4-6-17/h2-14H,1H3. The fraction of sp³-hybridized carbons (Fsp3) is 0.0455. The van der Waals surface area contributed by atoms with Crippen molar-refractivity contribution in [2.45, 2.75) is 4.90 Å². The van der Waals surface area contributed by atoms with E-state index in [0.717, 1.165) is 7.11 Å². The quantitative estimate of drug-likeness (QED) is 0.474. The third-order valence-corrected chi connectivity index (χ3v) is 6.75. The zero-order valence-corrected chi connectivity index (χ0v) is 18.2. The van der Waals surface area contributed by atoms with Crippen LogP contribution in [0.3, 0.4) is 0 Å². The number of benzene rings is 3. The van der Waals surface area contributed by atoms with Gasteiger partial charge in [-0.2, -0.15) is 0 Å². The number of methoxy groups -OCH3 is 1. The molecule has 3 aromatic carbocycles. The van der Waals surface area contributed by atoms with E-state index in [1.165, 1.54) is 12.3 Å². The number of esters is 1. The molecule has 0 spiro atoms. The Morgan fingerprint density at radius 1 is 0.933 bits per heavy atom. The molecule has 1 heterocycles. The fourth-order valence-electron chi connectivity index (χ4n) is 3.06. The van der Waals surface area contributed by atoms with Crippen LogP contribution < -0.4 is 9.64 Å². The lowest BCUT2D eigenvalue weighted by molar-refractivity contribution is -0.135. The molecule has 0 N–H and O–H groups in total. The van der Waals surface area contributed by atoms with Crippen LogP contribution >= 0.6 is 15.9 Å². The third kappa shape index (κ3) is 3.71. The van der Waals surface area contributed by atoms with Crippen molar-refractivity contribution in [1.29, 1.82) is 0 Å². The van der Waals surface area contributed by atoms with E-state index in [2.05, 4.69) is 15.9 Å². The number of hydrogen-bond donors (Lipinski definition) is 0. The maximum absolute atomic E-state index is 12.9. The summed E-state index contributed by atoms with van der Waals surface area (Å²) in [6, 6.07) is 21.2. The Hall–Kier alpha value is -3.10. The normalized spacial score (nSPS) is 14.5. The highest BCUT2D eigenvalue weighted by atomic mass is 79.9. The Labute approximate surface area is 182 Å². The van der Waals surface area contributed by atoms with Gasteiger partial charge >= 0.3 is 5.97 Å². The molecule has 1 aliphatic rings. The smallest absolute Gasteiger partial charge is 0.351 e. The molecule has 0 unspecified atom stereocenters. The predicted octanol–water partition coefficient (Wildman–Crippen LogP) is 5.18. The lowest BCUT2D eigenvalue weighted by Gasteiger charge is -2.28. The van der Waals surface area contributed by atoms with Crippen LogP contribution in [0, 0.1) is 0 Å². The third-order valence-electron chi connectivity index (χ3n) is 4.49. The molecule has 0 fully saturated rings. The van der Waals surface area contributed by atoms with Crippen LogP contribution in [0.25, 0.3) is 0 Å². The maximum Gasteiger partial charge on any atom is 0.351 e. The van der Waals surface area contributed by atoms with Crippen LogP contribution in [0.4, 0.5) is 11.4 Å². The van der Waals surface area contributed by atoms with Gasteiger partial charge in [0.1, 0.15) is 11.5 Å². The Kier molecular flexibility index (Phi) is 5.36. The Bertz CT molecular complexity index is 1240. The van der Waals surface area contributed by atoms with Gasteiger partial charge < -0.3 is 14.4 Å². The number of halogens is 1. The van der Waals surface area contributed by atoms with Gasteiger partial charge in [0.15, 0.2) is 4.91 Å². The first-order valence-electron chi connectivity index (χ1n) is 8.87. The maximum atomic E-state index is 12.9. The molecule has 0 atom stereocenters. The molecule has 0 saturated carbocycles. The summed E-state index contributed by atoms with van der Waals surface area (Å²) < 4.78 is 37.0. The SMILES string of the molecule is COC(=O)C1=CN(c2ccc(Oc3ccccc3)cc2)c2cc(Br)ccc2S1(=O)=O. The zero-order valence-electron chi connectivity index (χ0n) is 15.8. The summed E-state index contributed by atoms with van der Waals surface area (Å²) in [6.45, 7) is 0. The summed E-state index contributed by atoms with van der Waals surface area (Å²) in [7, 11) is -2.85. The van der Waals surface area contributed by atoms with Gasteiger partial charge in [-0.3, -0.25) is 0 Å². The van der Waals surface area contributed by atoms with E-state index in [-0.39, 0.29) is 4.90 Å². The van der Waals surface area contributed by atoms with E-state index in [9.17, 15) is 13.2 Å². The van der Waals surface area contributed by atoms with Crippen LogP contribution in [0.5, 0.6) is 11.5 Å². The minimum Gasteiger partial charge on any atom is -0.465 e. The monoisotopic (exact) mass is 485 g/mol. The highest BCUT2D eigenvalue weighted by Gasteiger charge is 2.36. The van der Waals surface area contributed by atoms with Crippen molar-refractivity contribution in [2.24, 2.45) is 0 Å². The molecule has 0 saturated heterocycles. The molecule has 0 radical (unpaired) electrons. The van der Waals surface area contributed by atoms with Gasteiger partial charge in [0, 0.05) is 16.4 Å². The van der Waals surface area contributed by atoms with Gasteiger partial charge in [-0.05, 0) is 54.6 Å². The zero-order chi connectivity index (χ0) is 21.3. The molecular weight excluding hydrogens is 470 g/mol. The minimum atomic E-state index is -4.00. The number of para-hydroxylation sites is 1. The molecule has 6 nitrogen and oxygen atoms in total. The lowest BCUT2D eigenvalue weighted by atomic mass is 10.2. The number of rotatable bonds is 4. The molecular formula is C22H16BrNO5S. The van der Waals surface area contributed by atoms with Crippen LogP contribution in [-0.2, 0) is 19.4 Å². The van der Waals surface area contributed by atoms with Crippen molar-refractivity contribution in [2.75, 3.05) is 12.0 Å². The van der Waals surface area contributed by atoms with Crippen molar-refractivity contribution in [3.63, 3.8) is 0 Å². The second-order valence-electron chi connectivity index (χ2n) is 6.38. The van der Waals surface area contributed by atoms with Crippen LogP contribution in [-0.4, -0.2) is 21.5 Å². The number of sulfone groups is 1. The summed E-state index contributed by atoms with van der Waals surface area (Å²) in [4.78, 5) is 13.4. The number of fused-ring (bicyclic) bond motifs is 1. The molecule has 4 rings (SSSR count). The first-order chi connectivity index (χ1) is 14.4. The topological polar surface area (TPSA) is 72.9 Å². The number of carbonyl (C=O) groups is 1. The van der Waals surface area contributed by atoms with Crippen molar-refractivity contribution < 1.29 is 22.7 Å². The van der Waals surface area contributed by atoms with E-state index >= 15 is 0 Å². The number of nitrogens with zero attached hydrogens (tertiary/aromatic N) is 1. The van der Waals surface area contributed by atoms with E-state index in [1.54, 1.807) is 41.3 Å². The molecule has 0 aromatic heterocycles. The lowest BCUT2D eigenvalue weighted by Crippen LogP contribution is -2.26. The highest BCUT2D eigenvalue weighted by molar-refractivity contribution is 9.10. The number of carbonyl (C=O) groups excluding carboxylic acids is 1. The van der Waals surface area contributed by atoms with Crippen molar-refractivity contribution in [3.8, 4) is 11.5 Å². The molecule has 152 valence electrons. The minimum absolute atomic E-state index is 0.0261. The largest absolute Gasteiger partial charge is 0.465 e. The van der Waals surface area contributed by atoms with Crippen molar-refractivity contribution >= 4 is 43.1 Å². The Morgan fingerprint density at radius 2 is 1.60 bits per heavy atom. The fourth-order valence-corrected chi connectivity index (χ4v) is 4.87. The van der Waals surface area contributed by atoms with Crippen LogP contribution in [0.15, 0.2) is 93.3 Å².